The Hall–Kier alpha value is -3.45. The van der Waals surface area contributed by atoms with Crippen LogP contribution in [0.1, 0.15) is 36.3 Å². The van der Waals surface area contributed by atoms with Gasteiger partial charge in [-0.1, -0.05) is 53.2 Å². The summed E-state index contributed by atoms with van der Waals surface area (Å²) in [7, 11) is 0. The fourth-order valence-corrected chi connectivity index (χ4v) is 4.78. The van der Waals surface area contributed by atoms with Crippen molar-refractivity contribution in [2.45, 2.75) is 39.0 Å². The van der Waals surface area contributed by atoms with E-state index < -0.39 is 0 Å². The van der Waals surface area contributed by atoms with Crippen molar-refractivity contribution >= 4 is 16.8 Å². The van der Waals surface area contributed by atoms with Crippen molar-refractivity contribution in [3.05, 3.63) is 71.7 Å². The minimum absolute atomic E-state index is 0.277. The number of nitrogens with zero attached hydrogens (tertiary/aromatic N) is 4. The van der Waals surface area contributed by atoms with Gasteiger partial charge in [-0.25, -0.2) is 0 Å². The van der Waals surface area contributed by atoms with E-state index in [1.165, 1.54) is 16.5 Å². The Morgan fingerprint density at radius 3 is 2.63 bits per heavy atom. The molecule has 1 aliphatic rings. The third-order valence-electron chi connectivity index (χ3n) is 6.88. The SMILES string of the molecule is Cc1ccc(-c2noc(CCCN3CCN(C(=O)CCCc4c[nH]c5ccccc45)CC3)n2)cc1. The van der Waals surface area contributed by atoms with Crippen molar-refractivity contribution < 1.29 is 9.32 Å². The van der Waals surface area contributed by atoms with E-state index in [-0.39, 0.29) is 5.91 Å². The highest BCUT2D eigenvalue weighted by Gasteiger charge is 2.21. The molecule has 0 bridgehead atoms. The van der Waals surface area contributed by atoms with Crippen LogP contribution in [0.2, 0.25) is 0 Å². The standard InChI is InChI=1S/C28H33N5O2/c1-21-11-13-22(14-12-21)28-30-26(35-31-28)9-5-15-32-16-18-33(19-17-32)27(34)10-4-6-23-20-29-25-8-3-2-7-24(23)25/h2-3,7-8,11-14,20,29H,4-6,9-10,15-19H2,1H3. The molecule has 1 aliphatic heterocycles. The minimum Gasteiger partial charge on any atom is -0.361 e. The van der Waals surface area contributed by atoms with Gasteiger partial charge in [0.25, 0.3) is 0 Å². The van der Waals surface area contributed by atoms with E-state index in [0.29, 0.717) is 18.1 Å². The van der Waals surface area contributed by atoms with Gasteiger partial charge in [0.05, 0.1) is 0 Å². The average Bonchev–Trinajstić information content (AvgIpc) is 3.52. The lowest BCUT2D eigenvalue weighted by Gasteiger charge is -2.34. The molecule has 0 radical (unpaired) electrons. The monoisotopic (exact) mass is 471 g/mol. The van der Waals surface area contributed by atoms with E-state index in [9.17, 15) is 4.79 Å². The average molecular weight is 472 g/mol. The van der Waals surface area contributed by atoms with Gasteiger partial charge in [-0.3, -0.25) is 9.69 Å². The normalized spacial score (nSPS) is 14.6. The number of piperazine rings is 1. The summed E-state index contributed by atoms with van der Waals surface area (Å²) in [6, 6.07) is 16.5. The first kappa shape index (κ1) is 23.3. The number of amides is 1. The highest BCUT2D eigenvalue weighted by atomic mass is 16.5. The maximum Gasteiger partial charge on any atom is 0.227 e. The molecule has 3 heterocycles. The van der Waals surface area contributed by atoms with Gasteiger partial charge in [0.15, 0.2) is 0 Å². The molecule has 1 amide bonds. The van der Waals surface area contributed by atoms with Gasteiger partial charge < -0.3 is 14.4 Å². The van der Waals surface area contributed by atoms with Crippen LogP contribution < -0.4 is 0 Å². The maximum atomic E-state index is 12.7. The van der Waals surface area contributed by atoms with E-state index in [1.807, 2.05) is 23.1 Å². The molecule has 1 N–H and O–H groups in total. The largest absolute Gasteiger partial charge is 0.361 e. The van der Waals surface area contributed by atoms with E-state index >= 15 is 0 Å². The molecule has 5 rings (SSSR count). The van der Waals surface area contributed by atoms with Crippen LogP contribution in [0.5, 0.6) is 0 Å². The zero-order chi connectivity index (χ0) is 24.0. The van der Waals surface area contributed by atoms with Crippen molar-refractivity contribution in [2.75, 3.05) is 32.7 Å². The minimum atomic E-state index is 0.277. The second-order valence-electron chi connectivity index (χ2n) is 9.42. The van der Waals surface area contributed by atoms with Crippen LogP contribution in [-0.4, -0.2) is 63.6 Å². The van der Waals surface area contributed by atoms with Gasteiger partial charge in [0.1, 0.15) is 0 Å². The Labute approximate surface area is 206 Å². The number of para-hydroxylation sites is 1. The molecule has 35 heavy (non-hydrogen) atoms. The fourth-order valence-electron chi connectivity index (χ4n) is 4.78. The number of hydrogen-bond acceptors (Lipinski definition) is 5. The molecule has 2 aromatic heterocycles. The summed E-state index contributed by atoms with van der Waals surface area (Å²) in [5, 5.41) is 5.39. The summed E-state index contributed by atoms with van der Waals surface area (Å²) in [6.07, 6.45) is 6.23. The van der Waals surface area contributed by atoms with E-state index in [4.69, 9.17) is 4.52 Å². The molecular weight excluding hydrogens is 438 g/mol. The summed E-state index contributed by atoms with van der Waals surface area (Å²) < 4.78 is 5.44. The topological polar surface area (TPSA) is 78.3 Å². The van der Waals surface area contributed by atoms with Crippen LogP contribution in [0.15, 0.2) is 59.3 Å². The third-order valence-corrected chi connectivity index (χ3v) is 6.88. The van der Waals surface area contributed by atoms with Crippen LogP contribution >= 0.6 is 0 Å². The first-order valence-corrected chi connectivity index (χ1v) is 12.6. The molecule has 0 spiro atoms. The Morgan fingerprint density at radius 1 is 1.00 bits per heavy atom. The number of carbonyl (C=O) groups excluding carboxylic acids is 1. The highest BCUT2D eigenvalue weighted by Crippen LogP contribution is 2.20. The van der Waals surface area contributed by atoms with Crippen molar-refractivity contribution in [2.24, 2.45) is 0 Å². The van der Waals surface area contributed by atoms with E-state index in [1.54, 1.807) is 0 Å². The number of H-pyrrole nitrogens is 1. The highest BCUT2D eigenvalue weighted by molar-refractivity contribution is 5.83. The maximum absolute atomic E-state index is 12.7. The predicted molar refractivity (Wildman–Crippen MR) is 137 cm³/mol. The molecular formula is C28H33N5O2. The van der Waals surface area contributed by atoms with Crippen LogP contribution in [-0.2, 0) is 17.6 Å². The van der Waals surface area contributed by atoms with Gasteiger partial charge in [0.2, 0.25) is 17.6 Å². The fraction of sp³-hybridized carbons (Fsp3) is 0.393. The van der Waals surface area contributed by atoms with Crippen LogP contribution in [0.4, 0.5) is 0 Å². The molecule has 2 aromatic carbocycles. The molecule has 0 atom stereocenters. The Balaban J connectivity index is 0.999. The number of nitrogens with one attached hydrogen (secondary N) is 1. The van der Waals surface area contributed by atoms with Crippen LogP contribution in [0, 0.1) is 6.92 Å². The lowest BCUT2D eigenvalue weighted by atomic mass is 10.1. The Kier molecular flexibility index (Phi) is 7.23. The lowest BCUT2D eigenvalue weighted by molar-refractivity contribution is -0.133. The van der Waals surface area contributed by atoms with Crippen LogP contribution in [0.25, 0.3) is 22.3 Å². The summed E-state index contributed by atoms with van der Waals surface area (Å²) in [6.45, 7) is 6.51. The molecule has 0 unspecified atom stereocenters. The lowest BCUT2D eigenvalue weighted by Crippen LogP contribution is -2.48. The molecule has 0 saturated carbocycles. The van der Waals surface area contributed by atoms with Gasteiger partial charge in [-0.15, -0.1) is 0 Å². The molecule has 1 fully saturated rings. The summed E-state index contributed by atoms with van der Waals surface area (Å²) in [5.41, 5.74) is 4.65. The first-order valence-electron chi connectivity index (χ1n) is 12.6. The summed E-state index contributed by atoms with van der Waals surface area (Å²) >= 11 is 0. The Morgan fingerprint density at radius 2 is 1.80 bits per heavy atom. The van der Waals surface area contributed by atoms with Gasteiger partial charge in [0, 0.05) is 61.7 Å². The number of aromatic nitrogens is 3. The number of fused-ring (bicyclic) bond motifs is 1. The molecule has 182 valence electrons. The third kappa shape index (κ3) is 5.80. The molecule has 0 aliphatic carbocycles. The second-order valence-corrected chi connectivity index (χ2v) is 9.42. The molecule has 7 heteroatoms. The van der Waals surface area contributed by atoms with Crippen molar-refractivity contribution in [1.82, 2.24) is 24.9 Å². The van der Waals surface area contributed by atoms with Crippen molar-refractivity contribution in [3.8, 4) is 11.4 Å². The second kappa shape index (κ2) is 10.9. The Bertz CT molecular complexity index is 1250. The quantitative estimate of drug-likeness (QED) is 0.385. The van der Waals surface area contributed by atoms with Crippen LogP contribution in [0.3, 0.4) is 0 Å². The number of rotatable bonds is 9. The van der Waals surface area contributed by atoms with Gasteiger partial charge in [-0.2, -0.15) is 4.98 Å². The van der Waals surface area contributed by atoms with Gasteiger partial charge >= 0.3 is 0 Å². The number of aryl methyl sites for hydroxylation is 3. The molecule has 4 aromatic rings. The molecule has 7 nitrogen and oxygen atoms in total. The van der Waals surface area contributed by atoms with Gasteiger partial charge in [-0.05, 0) is 44.4 Å². The number of carbonyl (C=O) groups is 1. The van der Waals surface area contributed by atoms with Crippen molar-refractivity contribution in [1.29, 1.82) is 0 Å². The van der Waals surface area contributed by atoms with E-state index in [0.717, 1.165) is 69.5 Å². The van der Waals surface area contributed by atoms with Crippen molar-refractivity contribution in [3.63, 3.8) is 0 Å². The number of hydrogen-bond donors (Lipinski definition) is 1. The number of aromatic amines is 1. The summed E-state index contributed by atoms with van der Waals surface area (Å²) in [4.78, 5) is 25.0. The zero-order valence-electron chi connectivity index (χ0n) is 20.4. The first-order chi connectivity index (χ1) is 17.2. The predicted octanol–water partition coefficient (Wildman–Crippen LogP) is 4.63. The zero-order valence-corrected chi connectivity index (χ0v) is 20.4. The number of benzene rings is 2. The molecule has 1 saturated heterocycles. The summed E-state index contributed by atoms with van der Waals surface area (Å²) in [5.74, 6) is 1.61. The van der Waals surface area contributed by atoms with E-state index in [2.05, 4.69) is 63.5 Å². The smallest absolute Gasteiger partial charge is 0.227 e.